The zero-order valence-electron chi connectivity index (χ0n) is 10.8. The molecule has 2 aromatic rings. The van der Waals surface area contributed by atoms with Crippen molar-refractivity contribution in [2.75, 3.05) is 12.0 Å². The molecule has 1 aromatic heterocycles. The van der Waals surface area contributed by atoms with Crippen LogP contribution in [0.2, 0.25) is 0 Å². The molecule has 2 rings (SSSR count). The molecule has 21 heavy (non-hydrogen) atoms. The van der Waals surface area contributed by atoms with Crippen molar-refractivity contribution in [3.63, 3.8) is 0 Å². The number of nitro benzene ring substituents is 1. The fraction of sp³-hybridized carbons (Fsp3) is 0.182. The number of nitrogens with two attached hydrogens (primary N) is 1. The SMILES string of the molecule is NNc1cccc(C(=O)NCCc2ncon2)c1[N+](=O)[O-]. The summed E-state index contributed by atoms with van der Waals surface area (Å²) in [5, 5.41) is 17.2. The molecule has 0 radical (unpaired) electrons. The zero-order valence-corrected chi connectivity index (χ0v) is 10.8. The third-order valence-electron chi connectivity index (χ3n) is 2.66. The van der Waals surface area contributed by atoms with Gasteiger partial charge in [0.15, 0.2) is 5.82 Å². The smallest absolute Gasteiger partial charge is 0.306 e. The molecule has 110 valence electrons. The monoisotopic (exact) mass is 292 g/mol. The van der Waals surface area contributed by atoms with Gasteiger partial charge < -0.3 is 15.3 Å². The van der Waals surface area contributed by atoms with E-state index < -0.39 is 10.8 Å². The molecular formula is C11H12N6O4. The van der Waals surface area contributed by atoms with Crippen LogP contribution in [0.1, 0.15) is 16.2 Å². The predicted octanol–water partition coefficient (Wildman–Crippen LogP) is 0.236. The summed E-state index contributed by atoms with van der Waals surface area (Å²) in [6, 6.07) is 4.26. The maximum absolute atomic E-state index is 12.0. The molecule has 0 aliphatic rings. The van der Waals surface area contributed by atoms with Crippen molar-refractivity contribution in [1.82, 2.24) is 15.5 Å². The number of hydrogen-bond donors (Lipinski definition) is 3. The molecule has 10 nitrogen and oxygen atoms in total. The van der Waals surface area contributed by atoms with Gasteiger partial charge in [-0.3, -0.25) is 20.8 Å². The van der Waals surface area contributed by atoms with Crippen molar-refractivity contribution in [1.29, 1.82) is 0 Å². The van der Waals surface area contributed by atoms with E-state index in [0.717, 1.165) is 0 Å². The number of hydrazine groups is 1. The topological polar surface area (TPSA) is 149 Å². The Morgan fingerprint density at radius 3 is 2.90 bits per heavy atom. The summed E-state index contributed by atoms with van der Waals surface area (Å²) in [5.41, 5.74) is 1.80. The summed E-state index contributed by atoms with van der Waals surface area (Å²) < 4.78 is 4.55. The van der Waals surface area contributed by atoms with Gasteiger partial charge in [-0.1, -0.05) is 11.2 Å². The Morgan fingerprint density at radius 1 is 1.48 bits per heavy atom. The normalized spacial score (nSPS) is 10.1. The number of amides is 1. The molecular weight excluding hydrogens is 280 g/mol. The second-order valence-corrected chi connectivity index (χ2v) is 3.96. The van der Waals surface area contributed by atoms with E-state index in [2.05, 4.69) is 25.4 Å². The zero-order chi connectivity index (χ0) is 15.2. The van der Waals surface area contributed by atoms with E-state index >= 15 is 0 Å². The summed E-state index contributed by atoms with van der Waals surface area (Å²) in [7, 11) is 0. The molecule has 0 saturated carbocycles. The van der Waals surface area contributed by atoms with Gasteiger partial charge in [0.25, 0.3) is 5.91 Å². The van der Waals surface area contributed by atoms with Gasteiger partial charge in [0.2, 0.25) is 6.39 Å². The Bertz CT molecular complexity index is 642. The van der Waals surface area contributed by atoms with E-state index in [-0.39, 0.29) is 23.5 Å². The van der Waals surface area contributed by atoms with Crippen molar-refractivity contribution < 1.29 is 14.2 Å². The molecule has 10 heteroatoms. The molecule has 0 fully saturated rings. The lowest BCUT2D eigenvalue weighted by Crippen LogP contribution is -2.27. The number of carbonyl (C=O) groups is 1. The van der Waals surface area contributed by atoms with E-state index in [1.54, 1.807) is 0 Å². The van der Waals surface area contributed by atoms with Crippen LogP contribution >= 0.6 is 0 Å². The first-order valence-electron chi connectivity index (χ1n) is 5.91. The molecule has 1 amide bonds. The van der Waals surface area contributed by atoms with E-state index in [1.165, 1.54) is 24.6 Å². The third-order valence-corrected chi connectivity index (χ3v) is 2.66. The number of benzene rings is 1. The van der Waals surface area contributed by atoms with E-state index in [0.29, 0.717) is 12.2 Å². The highest BCUT2D eigenvalue weighted by Gasteiger charge is 2.23. The summed E-state index contributed by atoms with van der Waals surface area (Å²) >= 11 is 0. The van der Waals surface area contributed by atoms with Crippen molar-refractivity contribution in [2.45, 2.75) is 6.42 Å². The maximum atomic E-state index is 12.0. The minimum absolute atomic E-state index is 0.0609. The quantitative estimate of drug-likeness (QED) is 0.389. The number of aromatic nitrogens is 2. The van der Waals surface area contributed by atoms with Crippen LogP contribution in [-0.4, -0.2) is 27.5 Å². The Balaban J connectivity index is 2.10. The van der Waals surface area contributed by atoms with Gasteiger partial charge in [-0.25, -0.2) is 0 Å². The van der Waals surface area contributed by atoms with Crippen LogP contribution in [-0.2, 0) is 6.42 Å². The van der Waals surface area contributed by atoms with Gasteiger partial charge in [-0.2, -0.15) is 4.98 Å². The Kier molecular flexibility index (Phi) is 4.41. The highest BCUT2D eigenvalue weighted by Crippen LogP contribution is 2.27. The maximum Gasteiger partial charge on any atom is 0.306 e. The van der Waals surface area contributed by atoms with Crippen LogP contribution < -0.4 is 16.6 Å². The van der Waals surface area contributed by atoms with Crippen molar-refractivity contribution >= 4 is 17.3 Å². The summed E-state index contributed by atoms with van der Waals surface area (Å²) in [5.74, 6) is 5.06. The number of nitro groups is 1. The summed E-state index contributed by atoms with van der Waals surface area (Å²) in [6.45, 7) is 0.218. The molecule has 0 aliphatic heterocycles. The number of nitrogen functional groups attached to an aromatic ring is 1. The molecule has 0 saturated heterocycles. The van der Waals surface area contributed by atoms with Crippen molar-refractivity contribution in [3.05, 3.63) is 46.1 Å². The van der Waals surface area contributed by atoms with Crippen LogP contribution in [0, 0.1) is 10.1 Å². The van der Waals surface area contributed by atoms with Gasteiger partial charge in [0, 0.05) is 13.0 Å². The van der Waals surface area contributed by atoms with E-state index in [9.17, 15) is 14.9 Å². The first kappa shape index (κ1) is 14.4. The first-order chi connectivity index (χ1) is 10.1. The highest BCUT2D eigenvalue weighted by atomic mass is 16.6. The van der Waals surface area contributed by atoms with E-state index in [4.69, 9.17) is 5.84 Å². The Labute approximate surface area is 118 Å². The molecule has 0 atom stereocenters. The van der Waals surface area contributed by atoms with Crippen molar-refractivity contribution in [2.24, 2.45) is 5.84 Å². The standard InChI is InChI=1S/C11H12N6O4/c12-15-8-3-1-2-7(10(8)17(19)20)11(18)13-5-4-9-14-6-21-16-9/h1-3,6,15H,4-5,12H2,(H,13,18). The fourth-order valence-electron chi connectivity index (χ4n) is 1.73. The summed E-state index contributed by atoms with van der Waals surface area (Å²) in [4.78, 5) is 26.2. The van der Waals surface area contributed by atoms with Gasteiger partial charge in [-0.15, -0.1) is 0 Å². The molecule has 0 unspecified atom stereocenters. The lowest BCUT2D eigenvalue weighted by Gasteiger charge is -2.07. The number of para-hydroxylation sites is 1. The number of hydrogen-bond acceptors (Lipinski definition) is 8. The van der Waals surface area contributed by atoms with Crippen LogP contribution in [0.5, 0.6) is 0 Å². The fourth-order valence-corrected chi connectivity index (χ4v) is 1.73. The third kappa shape index (κ3) is 3.30. The average molecular weight is 292 g/mol. The highest BCUT2D eigenvalue weighted by molar-refractivity contribution is 6.00. The van der Waals surface area contributed by atoms with Gasteiger partial charge in [0.05, 0.1) is 4.92 Å². The summed E-state index contributed by atoms with van der Waals surface area (Å²) in [6.07, 6.45) is 1.53. The largest absolute Gasteiger partial charge is 0.351 e. The number of carbonyl (C=O) groups excluding carboxylic acids is 1. The van der Waals surface area contributed by atoms with Gasteiger partial charge >= 0.3 is 5.69 Å². The van der Waals surface area contributed by atoms with Crippen LogP contribution in [0.4, 0.5) is 11.4 Å². The molecule has 4 N–H and O–H groups in total. The van der Waals surface area contributed by atoms with Gasteiger partial charge in [-0.05, 0) is 12.1 Å². The second-order valence-electron chi connectivity index (χ2n) is 3.96. The van der Waals surface area contributed by atoms with Gasteiger partial charge in [0.1, 0.15) is 11.3 Å². The predicted molar refractivity (Wildman–Crippen MR) is 71.2 cm³/mol. The minimum Gasteiger partial charge on any atom is -0.351 e. The molecule has 1 aromatic carbocycles. The number of nitrogens with zero attached hydrogens (tertiary/aromatic N) is 3. The van der Waals surface area contributed by atoms with E-state index in [1.807, 2.05) is 0 Å². The van der Waals surface area contributed by atoms with Crippen LogP contribution in [0.25, 0.3) is 0 Å². The molecule has 1 heterocycles. The Hall–Kier alpha value is -3.01. The number of rotatable bonds is 6. The second kappa shape index (κ2) is 6.43. The molecule has 0 spiro atoms. The first-order valence-corrected chi connectivity index (χ1v) is 5.91. The lowest BCUT2D eigenvalue weighted by molar-refractivity contribution is -0.384. The Morgan fingerprint density at radius 2 is 2.29 bits per heavy atom. The lowest BCUT2D eigenvalue weighted by atomic mass is 10.1. The van der Waals surface area contributed by atoms with Crippen LogP contribution in [0.15, 0.2) is 29.1 Å². The van der Waals surface area contributed by atoms with Crippen LogP contribution in [0.3, 0.4) is 0 Å². The number of nitrogens with one attached hydrogen (secondary N) is 2. The molecule has 0 aliphatic carbocycles. The molecule has 0 bridgehead atoms. The van der Waals surface area contributed by atoms with Crippen molar-refractivity contribution in [3.8, 4) is 0 Å². The average Bonchev–Trinajstić information content (AvgIpc) is 2.99. The number of anilines is 1. The minimum atomic E-state index is -0.663.